The van der Waals surface area contributed by atoms with E-state index < -0.39 is 5.97 Å². The summed E-state index contributed by atoms with van der Waals surface area (Å²) in [6.07, 6.45) is 2.99. The quantitative estimate of drug-likeness (QED) is 0.284. The van der Waals surface area contributed by atoms with Crippen LogP contribution < -0.4 is 4.89 Å². The van der Waals surface area contributed by atoms with Gasteiger partial charge in [-0.05, 0) is 17.7 Å². The molecule has 0 radical (unpaired) electrons. The Hall–Kier alpha value is -2.53. The molecule has 0 atom stereocenters. The summed E-state index contributed by atoms with van der Waals surface area (Å²) in [6, 6.07) is 4.77. The molecule has 0 unspecified atom stereocenters. The highest BCUT2D eigenvalue weighted by Gasteiger charge is 2.14. The van der Waals surface area contributed by atoms with Crippen LogP contribution in [0.4, 0.5) is 0 Å². The van der Waals surface area contributed by atoms with Crippen LogP contribution in [0.5, 0.6) is 11.5 Å². The number of ether oxygens (including phenoxy) is 1. The monoisotopic (exact) mass is 276 g/mol. The van der Waals surface area contributed by atoms with Crippen molar-refractivity contribution in [2.24, 2.45) is 0 Å². The number of phenolic OH excluding ortho intramolecular Hbond substituents is 1. The number of phenols is 1. The molecule has 0 aliphatic heterocycles. The molecule has 0 amide bonds. The molecular formula is C15H16O5. The average Bonchev–Trinajstić information content (AvgIpc) is 2.46. The predicted octanol–water partition coefficient (Wildman–Crippen LogP) is 2.63. The van der Waals surface area contributed by atoms with E-state index in [1.54, 1.807) is 12.1 Å². The maximum atomic E-state index is 11.4. The maximum Gasteiger partial charge on any atom is 0.337 e. The minimum atomic E-state index is -0.557. The van der Waals surface area contributed by atoms with Crippen molar-refractivity contribution in [2.45, 2.75) is 0 Å². The summed E-state index contributed by atoms with van der Waals surface area (Å²) in [4.78, 5) is 20.9. The number of carbonyl (C=O) groups is 1. The molecule has 0 bridgehead atoms. The summed E-state index contributed by atoms with van der Waals surface area (Å²) in [5, 5.41) is 9.78. The van der Waals surface area contributed by atoms with Crippen LogP contribution in [0.1, 0.15) is 5.56 Å². The van der Waals surface area contributed by atoms with Gasteiger partial charge in [-0.2, -0.15) is 4.89 Å². The van der Waals surface area contributed by atoms with E-state index in [1.807, 2.05) is 0 Å². The zero-order chi connectivity index (χ0) is 15.1. The van der Waals surface area contributed by atoms with Crippen molar-refractivity contribution in [3.8, 4) is 11.5 Å². The smallest absolute Gasteiger partial charge is 0.337 e. The Morgan fingerprint density at radius 3 is 2.60 bits per heavy atom. The second-order valence-electron chi connectivity index (χ2n) is 3.72. The highest BCUT2D eigenvalue weighted by atomic mass is 17.2. The first-order valence-corrected chi connectivity index (χ1v) is 5.69. The van der Waals surface area contributed by atoms with Gasteiger partial charge < -0.3 is 14.7 Å². The van der Waals surface area contributed by atoms with E-state index in [0.29, 0.717) is 11.1 Å². The van der Waals surface area contributed by atoms with Gasteiger partial charge in [-0.3, -0.25) is 0 Å². The number of esters is 1. The van der Waals surface area contributed by atoms with E-state index >= 15 is 0 Å². The van der Waals surface area contributed by atoms with Gasteiger partial charge >= 0.3 is 5.97 Å². The molecule has 5 nitrogen and oxygen atoms in total. The predicted molar refractivity (Wildman–Crippen MR) is 75.1 cm³/mol. The standard InChI is InChI=1S/C15H16O5/c1-5-11(9-10(2)15(17)18-3)12-7-6-8-13(16)14(12)20-19-4/h5-9,16H,1-2H2,3-4H3/b11-9+. The average molecular weight is 276 g/mol. The summed E-state index contributed by atoms with van der Waals surface area (Å²) in [5.74, 6) is -0.529. The lowest BCUT2D eigenvalue weighted by atomic mass is 10.0. The Balaban J connectivity index is 3.29. The van der Waals surface area contributed by atoms with Gasteiger partial charge in [0, 0.05) is 5.56 Å². The largest absolute Gasteiger partial charge is 0.504 e. The first kappa shape index (κ1) is 15.5. The summed E-state index contributed by atoms with van der Waals surface area (Å²) in [5.41, 5.74) is 1.18. The number of hydrogen-bond donors (Lipinski definition) is 1. The molecule has 0 aliphatic rings. The minimum absolute atomic E-state index is 0.0965. The van der Waals surface area contributed by atoms with Crippen LogP contribution in [-0.4, -0.2) is 25.3 Å². The van der Waals surface area contributed by atoms with Crippen molar-refractivity contribution in [3.63, 3.8) is 0 Å². The van der Waals surface area contributed by atoms with Crippen LogP contribution in [0.2, 0.25) is 0 Å². The first-order chi connectivity index (χ1) is 9.54. The SMILES string of the molecule is C=C/C(=C\C(=C)C(=O)OC)c1cccc(O)c1OOC. The molecule has 1 aromatic carbocycles. The van der Waals surface area contributed by atoms with Crippen LogP contribution in [0, 0.1) is 0 Å². The number of hydrogen-bond acceptors (Lipinski definition) is 5. The van der Waals surface area contributed by atoms with Crippen LogP contribution in [0.15, 0.2) is 49.1 Å². The zero-order valence-corrected chi connectivity index (χ0v) is 11.4. The van der Waals surface area contributed by atoms with Gasteiger partial charge in [0.1, 0.15) is 0 Å². The van der Waals surface area contributed by atoms with Crippen LogP contribution >= 0.6 is 0 Å². The van der Waals surface area contributed by atoms with Crippen LogP contribution in [-0.2, 0) is 14.4 Å². The number of aromatic hydroxyl groups is 1. The topological polar surface area (TPSA) is 65.0 Å². The van der Waals surface area contributed by atoms with Gasteiger partial charge in [-0.1, -0.05) is 31.4 Å². The number of para-hydroxylation sites is 1. The molecule has 1 rings (SSSR count). The fraction of sp³-hybridized carbons (Fsp3) is 0.133. The Morgan fingerprint density at radius 2 is 2.05 bits per heavy atom. The zero-order valence-electron chi connectivity index (χ0n) is 11.4. The molecular weight excluding hydrogens is 260 g/mol. The summed E-state index contributed by atoms with van der Waals surface area (Å²) in [7, 11) is 2.59. The van der Waals surface area contributed by atoms with Crippen molar-refractivity contribution < 1.29 is 24.4 Å². The fourth-order valence-electron chi connectivity index (χ4n) is 1.55. The molecule has 106 valence electrons. The van der Waals surface area contributed by atoms with Crippen LogP contribution in [0.25, 0.3) is 5.57 Å². The van der Waals surface area contributed by atoms with E-state index in [0.717, 1.165) is 0 Å². The van der Waals surface area contributed by atoms with Crippen LogP contribution in [0.3, 0.4) is 0 Å². The normalized spacial score (nSPS) is 10.8. The Bertz CT molecular complexity index is 557. The highest BCUT2D eigenvalue weighted by Crippen LogP contribution is 2.35. The fourth-order valence-corrected chi connectivity index (χ4v) is 1.55. The van der Waals surface area contributed by atoms with Gasteiger partial charge in [-0.15, -0.1) is 0 Å². The molecule has 1 N–H and O–H groups in total. The lowest BCUT2D eigenvalue weighted by molar-refractivity contribution is -0.179. The third kappa shape index (κ3) is 3.49. The van der Waals surface area contributed by atoms with Gasteiger partial charge in [0.15, 0.2) is 5.75 Å². The van der Waals surface area contributed by atoms with Gasteiger partial charge in [0.2, 0.25) is 5.75 Å². The number of carbonyl (C=O) groups excluding carboxylic acids is 1. The first-order valence-electron chi connectivity index (χ1n) is 5.69. The van der Waals surface area contributed by atoms with Crippen molar-refractivity contribution in [2.75, 3.05) is 14.2 Å². The van der Waals surface area contributed by atoms with Crippen molar-refractivity contribution in [3.05, 3.63) is 54.6 Å². The van der Waals surface area contributed by atoms with E-state index in [4.69, 9.17) is 4.89 Å². The molecule has 0 spiro atoms. The molecule has 20 heavy (non-hydrogen) atoms. The Kier molecular flexibility index (Phi) is 5.56. The molecule has 1 aromatic rings. The summed E-state index contributed by atoms with van der Waals surface area (Å²) >= 11 is 0. The summed E-state index contributed by atoms with van der Waals surface area (Å²) in [6.45, 7) is 7.27. The Labute approximate surface area is 117 Å². The highest BCUT2D eigenvalue weighted by molar-refractivity contribution is 5.95. The van der Waals surface area contributed by atoms with Gasteiger partial charge in [0.25, 0.3) is 0 Å². The number of benzene rings is 1. The second kappa shape index (κ2) is 7.16. The second-order valence-corrected chi connectivity index (χ2v) is 3.72. The van der Waals surface area contributed by atoms with Crippen molar-refractivity contribution in [1.82, 2.24) is 0 Å². The molecule has 0 aliphatic carbocycles. The van der Waals surface area contributed by atoms with E-state index in [9.17, 15) is 9.90 Å². The third-order valence-corrected chi connectivity index (χ3v) is 2.47. The molecule has 0 aromatic heterocycles. The van der Waals surface area contributed by atoms with Crippen molar-refractivity contribution in [1.29, 1.82) is 0 Å². The lowest BCUT2D eigenvalue weighted by Crippen LogP contribution is -2.02. The van der Waals surface area contributed by atoms with Gasteiger partial charge in [0.05, 0.1) is 19.8 Å². The molecule has 0 saturated heterocycles. The minimum Gasteiger partial charge on any atom is -0.504 e. The van der Waals surface area contributed by atoms with E-state index in [2.05, 4.69) is 22.8 Å². The maximum absolute atomic E-state index is 11.4. The number of rotatable bonds is 6. The third-order valence-electron chi connectivity index (χ3n) is 2.47. The van der Waals surface area contributed by atoms with E-state index in [1.165, 1.54) is 32.4 Å². The number of methoxy groups -OCH3 is 1. The molecule has 0 heterocycles. The van der Waals surface area contributed by atoms with Crippen molar-refractivity contribution >= 4 is 11.5 Å². The van der Waals surface area contributed by atoms with E-state index in [-0.39, 0.29) is 17.1 Å². The Morgan fingerprint density at radius 1 is 1.35 bits per heavy atom. The molecule has 0 saturated carbocycles. The summed E-state index contributed by atoms with van der Waals surface area (Å²) < 4.78 is 4.57. The number of allylic oxidation sites excluding steroid dienone is 2. The van der Waals surface area contributed by atoms with Gasteiger partial charge in [-0.25, -0.2) is 4.79 Å². The lowest BCUT2D eigenvalue weighted by Gasteiger charge is -2.11. The molecule has 5 heteroatoms. The molecule has 0 fully saturated rings.